The van der Waals surface area contributed by atoms with E-state index < -0.39 is 11.7 Å². The molecule has 0 bridgehead atoms. The first-order chi connectivity index (χ1) is 17.7. The van der Waals surface area contributed by atoms with E-state index in [1.807, 2.05) is 0 Å². The lowest BCUT2D eigenvalue weighted by molar-refractivity contribution is -0.137. The van der Waals surface area contributed by atoms with Crippen LogP contribution in [0.5, 0.6) is 5.75 Å². The van der Waals surface area contributed by atoms with E-state index in [0.717, 1.165) is 44.8 Å². The maximum absolute atomic E-state index is 14.4. The van der Waals surface area contributed by atoms with Crippen molar-refractivity contribution in [2.24, 2.45) is 5.92 Å². The number of piperidine rings is 1. The Balaban J connectivity index is 1.61. The SMILES string of the molecule is CCC(CC)CN1CCC[C@@H](n2c(=O)[nH]c3cc(-c4cc(OC)c5ncnn5c4)c(C(F)(F)F)cc32)C1. The number of alkyl halides is 3. The summed E-state index contributed by atoms with van der Waals surface area (Å²) >= 11 is 0. The quantitative estimate of drug-likeness (QED) is 0.368. The van der Waals surface area contributed by atoms with Crippen molar-refractivity contribution in [3.63, 3.8) is 0 Å². The lowest BCUT2D eigenvalue weighted by atomic mass is 9.98. The van der Waals surface area contributed by atoms with E-state index in [0.29, 0.717) is 29.4 Å². The Morgan fingerprint density at radius 2 is 2.00 bits per heavy atom. The normalized spacial score (nSPS) is 17.3. The summed E-state index contributed by atoms with van der Waals surface area (Å²) in [5.74, 6) is 0.867. The Hall–Kier alpha value is -3.34. The van der Waals surface area contributed by atoms with Crippen LogP contribution >= 0.6 is 0 Å². The molecule has 0 saturated carbocycles. The number of pyridine rings is 1. The Morgan fingerprint density at radius 3 is 2.70 bits per heavy atom. The van der Waals surface area contributed by atoms with E-state index in [2.05, 4.69) is 33.8 Å². The van der Waals surface area contributed by atoms with Crippen LogP contribution in [0.1, 0.15) is 51.1 Å². The molecule has 11 heteroatoms. The van der Waals surface area contributed by atoms with E-state index in [-0.39, 0.29) is 28.4 Å². The number of methoxy groups -OCH3 is 1. The molecule has 5 rings (SSSR count). The summed E-state index contributed by atoms with van der Waals surface area (Å²) in [5.41, 5.74) is 0.00966. The number of nitrogens with zero attached hydrogens (tertiary/aromatic N) is 5. The van der Waals surface area contributed by atoms with Gasteiger partial charge in [0.05, 0.1) is 29.7 Å². The fourth-order valence-corrected chi connectivity index (χ4v) is 5.52. The van der Waals surface area contributed by atoms with Crippen molar-refractivity contribution in [2.45, 2.75) is 51.7 Å². The molecule has 198 valence electrons. The zero-order valence-corrected chi connectivity index (χ0v) is 21.2. The minimum Gasteiger partial charge on any atom is -0.493 e. The zero-order chi connectivity index (χ0) is 26.3. The number of fused-ring (bicyclic) bond motifs is 2. The molecule has 1 atom stereocenters. The summed E-state index contributed by atoms with van der Waals surface area (Å²) in [6.07, 6.45) is 1.94. The van der Waals surface area contributed by atoms with Crippen molar-refractivity contribution < 1.29 is 17.9 Å². The van der Waals surface area contributed by atoms with E-state index in [1.54, 1.807) is 0 Å². The summed E-state index contributed by atoms with van der Waals surface area (Å²) in [6.45, 7) is 6.87. The molecule has 0 aliphatic carbocycles. The molecule has 4 aromatic rings. The summed E-state index contributed by atoms with van der Waals surface area (Å²) in [4.78, 5) is 22.3. The standard InChI is InChI=1S/C26H31F3N6O2/c1-4-16(5-2)12-33-8-6-7-18(14-33)35-22-11-20(26(27,28)29)19(10-21(22)32-25(35)36)17-9-23(37-3)24-30-15-31-34(24)13-17/h9-11,13,15-16,18H,4-8,12,14H2,1-3H3,(H,32,36)/t18-/m1/s1. The van der Waals surface area contributed by atoms with E-state index >= 15 is 0 Å². The molecule has 1 aliphatic rings. The second-order valence-electron chi connectivity index (χ2n) is 9.78. The van der Waals surface area contributed by atoms with Crippen LogP contribution in [0.2, 0.25) is 0 Å². The molecule has 1 fully saturated rings. The largest absolute Gasteiger partial charge is 0.493 e. The number of hydrogen-bond acceptors (Lipinski definition) is 5. The lowest BCUT2D eigenvalue weighted by Gasteiger charge is -2.35. The van der Waals surface area contributed by atoms with Gasteiger partial charge in [-0.2, -0.15) is 18.3 Å². The molecule has 1 aromatic carbocycles. The fourth-order valence-electron chi connectivity index (χ4n) is 5.52. The van der Waals surface area contributed by atoms with Gasteiger partial charge in [-0.1, -0.05) is 26.7 Å². The first-order valence-electron chi connectivity index (χ1n) is 12.7. The van der Waals surface area contributed by atoms with Gasteiger partial charge in [0.15, 0.2) is 11.4 Å². The third-order valence-electron chi connectivity index (χ3n) is 7.55. The first-order valence-corrected chi connectivity index (χ1v) is 12.7. The van der Waals surface area contributed by atoms with Gasteiger partial charge in [0.25, 0.3) is 0 Å². The summed E-state index contributed by atoms with van der Waals surface area (Å²) in [6, 6.07) is 3.81. The molecular formula is C26H31F3N6O2. The molecule has 0 radical (unpaired) electrons. The number of nitrogens with one attached hydrogen (secondary N) is 1. The smallest absolute Gasteiger partial charge is 0.417 e. The summed E-state index contributed by atoms with van der Waals surface area (Å²) in [5, 5.41) is 4.06. The molecule has 0 spiro atoms. The number of aromatic nitrogens is 5. The van der Waals surface area contributed by atoms with Crippen LogP contribution in [-0.4, -0.2) is 55.8 Å². The number of halogens is 3. The minimum absolute atomic E-state index is 0.0666. The number of aromatic amines is 1. The molecule has 1 aliphatic heterocycles. The number of rotatable bonds is 7. The number of likely N-dealkylation sites (tertiary alicyclic amines) is 1. The van der Waals surface area contributed by atoms with Gasteiger partial charge in [-0.05, 0) is 49.1 Å². The number of benzene rings is 1. The monoisotopic (exact) mass is 516 g/mol. The molecule has 37 heavy (non-hydrogen) atoms. The van der Waals surface area contributed by atoms with Crippen molar-refractivity contribution in [3.05, 3.63) is 46.8 Å². The summed E-state index contributed by atoms with van der Waals surface area (Å²) in [7, 11) is 1.43. The number of H-pyrrole nitrogens is 1. The van der Waals surface area contributed by atoms with Gasteiger partial charge in [0, 0.05) is 24.8 Å². The highest BCUT2D eigenvalue weighted by Crippen LogP contribution is 2.41. The fraction of sp³-hybridized carbons (Fsp3) is 0.500. The van der Waals surface area contributed by atoms with Gasteiger partial charge < -0.3 is 14.6 Å². The van der Waals surface area contributed by atoms with Crippen LogP contribution in [0.4, 0.5) is 13.2 Å². The second kappa shape index (κ2) is 9.85. The van der Waals surface area contributed by atoms with Crippen LogP contribution in [-0.2, 0) is 6.18 Å². The van der Waals surface area contributed by atoms with Crippen LogP contribution in [0.15, 0.2) is 35.5 Å². The van der Waals surface area contributed by atoms with Crippen LogP contribution < -0.4 is 10.4 Å². The maximum atomic E-state index is 14.4. The maximum Gasteiger partial charge on any atom is 0.417 e. The zero-order valence-electron chi connectivity index (χ0n) is 21.2. The average Bonchev–Trinajstić information content (AvgIpc) is 3.48. The topological polar surface area (TPSA) is 80.5 Å². The van der Waals surface area contributed by atoms with Crippen molar-refractivity contribution >= 4 is 16.7 Å². The first kappa shape index (κ1) is 25.3. The highest BCUT2D eigenvalue weighted by atomic mass is 19.4. The van der Waals surface area contributed by atoms with E-state index in [1.165, 1.54) is 40.8 Å². The Morgan fingerprint density at radius 1 is 1.22 bits per heavy atom. The average molecular weight is 517 g/mol. The van der Waals surface area contributed by atoms with Crippen LogP contribution in [0.3, 0.4) is 0 Å². The molecule has 1 saturated heterocycles. The highest BCUT2D eigenvalue weighted by molar-refractivity contribution is 5.85. The Labute approximate surface area is 212 Å². The van der Waals surface area contributed by atoms with Crippen molar-refractivity contribution in [3.8, 4) is 16.9 Å². The van der Waals surface area contributed by atoms with Gasteiger partial charge in [-0.15, -0.1) is 0 Å². The Kier molecular flexibility index (Phi) is 6.74. The Bertz CT molecular complexity index is 1470. The molecule has 1 N–H and O–H groups in total. The number of ether oxygens (including phenoxy) is 1. The molecule has 0 amide bonds. The predicted molar refractivity (Wildman–Crippen MR) is 135 cm³/mol. The molecule has 8 nitrogen and oxygen atoms in total. The number of hydrogen-bond donors (Lipinski definition) is 1. The minimum atomic E-state index is -4.64. The molecule has 0 unspecified atom stereocenters. The third-order valence-corrected chi connectivity index (χ3v) is 7.55. The van der Waals surface area contributed by atoms with Crippen molar-refractivity contribution in [1.29, 1.82) is 0 Å². The van der Waals surface area contributed by atoms with Crippen molar-refractivity contribution in [2.75, 3.05) is 26.7 Å². The highest BCUT2D eigenvalue weighted by Gasteiger charge is 2.36. The van der Waals surface area contributed by atoms with E-state index in [9.17, 15) is 18.0 Å². The van der Waals surface area contributed by atoms with Crippen LogP contribution in [0.25, 0.3) is 27.8 Å². The third kappa shape index (κ3) is 4.72. The van der Waals surface area contributed by atoms with Crippen molar-refractivity contribution in [1.82, 2.24) is 29.0 Å². The molecular weight excluding hydrogens is 485 g/mol. The second-order valence-corrected chi connectivity index (χ2v) is 9.78. The predicted octanol–water partition coefficient (Wildman–Crippen LogP) is 5.14. The van der Waals surface area contributed by atoms with Gasteiger partial charge in [0.1, 0.15) is 6.33 Å². The van der Waals surface area contributed by atoms with Crippen LogP contribution in [0, 0.1) is 5.92 Å². The molecule has 4 heterocycles. The van der Waals surface area contributed by atoms with Gasteiger partial charge >= 0.3 is 11.9 Å². The van der Waals surface area contributed by atoms with Gasteiger partial charge in [-0.3, -0.25) is 4.57 Å². The summed E-state index contributed by atoms with van der Waals surface area (Å²) < 4.78 is 51.4. The van der Waals surface area contributed by atoms with Gasteiger partial charge in [-0.25, -0.2) is 14.3 Å². The molecule has 3 aromatic heterocycles. The number of imidazole rings is 1. The van der Waals surface area contributed by atoms with Gasteiger partial charge in [0.2, 0.25) is 0 Å². The lowest BCUT2D eigenvalue weighted by Crippen LogP contribution is -2.41. The van der Waals surface area contributed by atoms with E-state index in [4.69, 9.17) is 4.74 Å².